The molecule has 3 amide bonds. The maximum Gasteiger partial charge on any atom is 0.271 e. The molecule has 254 valence electrons. The van der Waals surface area contributed by atoms with Crippen LogP contribution in [-0.4, -0.2) is 58.7 Å². The smallest absolute Gasteiger partial charge is 0.271 e. The third-order valence-corrected chi connectivity index (χ3v) is 9.61. The van der Waals surface area contributed by atoms with Crippen LogP contribution in [0.3, 0.4) is 0 Å². The number of hydrogen-bond donors (Lipinski definition) is 5. The zero-order valence-electron chi connectivity index (χ0n) is 27.5. The molecule has 4 aromatic carbocycles. The Labute approximate surface area is 296 Å². The van der Waals surface area contributed by atoms with Crippen LogP contribution in [0, 0.1) is 11.8 Å². The lowest BCUT2D eigenvalue weighted by molar-refractivity contribution is -0.264. The monoisotopic (exact) mass is 689 g/mol. The number of amides is 3. The van der Waals surface area contributed by atoms with Gasteiger partial charge in [-0.3, -0.25) is 19.3 Å². The summed E-state index contributed by atoms with van der Waals surface area (Å²) in [5.74, 6) is 1.19. The van der Waals surface area contributed by atoms with Crippen molar-refractivity contribution in [1.29, 1.82) is 0 Å². The fourth-order valence-corrected chi connectivity index (χ4v) is 6.91. The van der Waals surface area contributed by atoms with E-state index >= 15 is 0 Å². The van der Waals surface area contributed by atoms with Crippen molar-refractivity contribution in [2.24, 2.45) is 5.73 Å². The molecule has 1 unspecified atom stereocenters. The first-order valence-electron chi connectivity index (χ1n) is 15.9. The summed E-state index contributed by atoms with van der Waals surface area (Å²) in [6.07, 6.45) is 0.119. The molecule has 0 saturated carbocycles. The lowest BCUT2D eigenvalue weighted by Gasteiger charge is -2.38. The van der Waals surface area contributed by atoms with Crippen LogP contribution in [0.1, 0.15) is 63.8 Å². The van der Waals surface area contributed by atoms with E-state index in [0.29, 0.717) is 24.5 Å². The molecule has 12 heteroatoms. The number of rotatable bonds is 11. The maximum absolute atomic E-state index is 13.9. The lowest BCUT2D eigenvalue weighted by atomic mass is 9.72. The van der Waals surface area contributed by atoms with E-state index in [1.807, 2.05) is 66.8 Å². The summed E-state index contributed by atoms with van der Waals surface area (Å²) in [7, 11) is 6.02. The van der Waals surface area contributed by atoms with Gasteiger partial charge in [-0.1, -0.05) is 67.3 Å². The van der Waals surface area contributed by atoms with Crippen molar-refractivity contribution in [1.82, 2.24) is 5.32 Å². The Kier molecular flexibility index (Phi) is 11.0. The Morgan fingerprint density at radius 3 is 2.26 bits per heavy atom. The van der Waals surface area contributed by atoms with E-state index in [1.54, 1.807) is 25.1 Å². The molecule has 1 fully saturated rings. The maximum atomic E-state index is 13.9. The van der Waals surface area contributed by atoms with Gasteiger partial charge < -0.3 is 31.1 Å². The van der Waals surface area contributed by atoms with E-state index in [4.69, 9.17) is 18.3 Å². The molecule has 3 atom stereocenters. The highest BCUT2D eigenvalue weighted by molar-refractivity contribution is 8.01. The number of anilines is 1. The second-order valence-corrected chi connectivity index (χ2v) is 12.9. The lowest BCUT2D eigenvalue weighted by Crippen LogP contribution is -2.63. The van der Waals surface area contributed by atoms with Gasteiger partial charge in [0.15, 0.2) is 0 Å². The molecule has 4 aromatic rings. The number of aryl methyl sites for hydroxylation is 1. The number of aliphatic hydroxyl groups is 3. The highest BCUT2D eigenvalue weighted by Crippen LogP contribution is 2.47. The van der Waals surface area contributed by atoms with Gasteiger partial charge in [0, 0.05) is 28.8 Å². The molecule has 1 saturated heterocycles. The number of nitrogens with zero attached hydrogens (tertiary/aromatic N) is 1. The van der Waals surface area contributed by atoms with Crippen molar-refractivity contribution in [2.75, 3.05) is 11.5 Å². The van der Waals surface area contributed by atoms with E-state index in [9.17, 15) is 29.7 Å². The molecule has 2 radical (unpaired) electrons. The van der Waals surface area contributed by atoms with Crippen LogP contribution < -0.4 is 20.7 Å². The summed E-state index contributed by atoms with van der Waals surface area (Å²) in [4.78, 5) is 40.7. The van der Waals surface area contributed by atoms with Crippen molar-refractivity contribution >= 4 is 43.0 Å². The molecule has 1 aliphatic rings. The average Bonchev–Trinajstić information content (AvgIpc) is 3.42. The number of primary amides is 1. The second kappa shape index (κ2) is 15.2. The normalized spacial score (nSPS) is 17.0. The van der Waals surface area contributed by atoms with E-state index in [1.165, 1.54) is 29.2 Å². The molecule has 10 nitrogen and oxygen atoms in total. The number of carbonyl (C=O) groups excluding carboxylic acids is 3. The number of nitrogens with two attached hydrogens (primary N) is 1. The largest absolute Gasteiger partial charge is 0.494 e. The minimum atomic E-state index is -3.33. The molecule has 0 aliphatic carbocycles. The summed E-state index contributed by atoms with van der Waals surface area (Å²) in [5, 5.41) is 33.2. The van der Waals surface area contributed by atoms with Crippen LogP contribution in [0.4, 0.5) is 5.69 Å². The van der Waals surface area contributed by atoms with Gasteiger partial charge in [-0.05, 0) is 78.6 Å². The third kappa shape index (κ3) is 7.88. The fourth-order valence-electron chi connectivity index (χ4n) is 5.46. The van der Waals surface area contributed by atoms with Gasteiger partial charge in [-0.2, -0.15) is 0 Å². The van der Waals surface area contributed by atoms with Crippen molar-refractivity contribution < 1.29 is 34.4 Å². The predicted molar refractivity (Wildman–Crippen MR) is 192 cm³/mol. The third-order valence-electron chi connectivity index (χ3n) is 8.17. The van der Waals surface area contributed by atoms with E-state index < -0.39 is 46.2 Å². The number of hydrogen-bond acceptors (Lipinski definition) is 8. The minimum Gasteiger partial charge on any atom is -0.494 e. The number of thioether (sulfide) groups is 1. The highest BCUT2D eigenvalue weighted by atomic mass is 32.2. The zero-order valence-corrected chi connectivity index (χ0v) is 28.3. The van der Waals surface area contributed by atoms with E-state index in [0.717, 1.165) is 34.0 Å². The van der Waals surface area contributed by atoms with Gasteiger partial charge in [0.25, 0.3) is 5.91 Å². The molecule has 50 heavy (non-hydrogen) atoms. The molecule has 0 aromatic heterocycles. The Morgan fingerprint density at radius 2 is 1.62 bits per heavy atom. The van der Waals surface area contributed by atoms with Crippen LogP contribution in [-0.2, 0) is 21.5 Å². The van der Waals surface area contributed by atoms with Gasteiger partial charge in [0.1, 0.15) is 24.5 Å². The Hall–Kier alpha value is -5.06. The molecule has 1 aliphatic heterocycles. The molecule has 5 rings (SSSR count). The van der Waals surface area contributed by atoms with Crippen molar-refractivity contribution in [3.63, 3.8) is 0 Å². The summed E-state index contributed by atoms with van der Waals surface area (Å²) in [5.41, 5.74) is 6.26. The Bertz CT molecular complexity index is 1940. The predicted octanol–water partition coefficient (Wildman–Crippen LogP) is 3.45. The summed E-state index contributed by atoms with van der Waals surface area (Å²) in [6, 6.07) is 27.5. The van der Waals surface area contributed by atoms with Crippen molar-refractivity contribution in [3.05, 3.63) is 130 Å². The van der Waals surface area contributed by atoms with E-state index in [-0.39, 0.29) is 11.1 Å². The van der Waals surface area contributed by atoms with Gasteiger partial charge in [-0.25, -0.2) is 0 Å². The number of carbonyl (C=O) groups is 3. The Morgan fingerprint density at radius 1 is 0.940 bits per heavy atom. The standard InChI is InChI=1S/C38H36BN3O7S/c1-3-26-19-20-29(22-31(26)49-4-2)37(39,46)38(47,48)41-33(43)23-32-35(45)42(30-12-8-11-28(21-30)34(40)44)36(50-32)27-17-15-25(16-18-27)14-13-24-9-6-5-7-10-24/h5-12,15-22,32,36,46-48H,3-4,23H2,1-2H3,(H2,40,44)(H,41,43)/t32-,36+,37?/m1/s1. The van der Waals surface area contributed by atoms with Crippen LogP contribution >= 0.6 is 11.8 Å². The number of nitrogens with one attached hydrogen (secondary N) is 1. The van der Waals surface area contributed by atoms with Crippen molar-refractivity contribution in [3.8, 4) is 17.6 Å². The van der Waals surface area contributed by atoms with Crippen LogP contribution in [0.15, 0.2) is 97.1 Å². The molecule has 6 N–H and O–H groups in total. The summed E-state index contributed by atoms with van der Waals surface area (Å²) >= 11 is 1.16. The number of ether oxygens (including phenoxy) is 1. The van der Waals surface area contributed by atoms with Gasteiger partial charge in [0.2, 0.25) is 17.7 Å². The minimum absolute atomic E-state index is 0.118. The molecule has 0 spiro atoms. The summed E-state index contributed by atoms with van der Waals surface area (Å²) < 4.78 is 5.61. The average molecular weight is 690 g/mol. The van der Waals surface area contributed by atoms with Crippen molar-refractivity contribution in [2.45, 2.75) is 48.7 Å². The SMILES string of the molecule is [B]C(O)(c1ccc(CC)c(OCC)c1)C(O)(O)NC(=O)C[C@H]1S[C@@H](c2ccc(C#Cc3ccccc3)cc2)N(c2cccc(C(N)=O)c2)C1=O. The van der Waals surface area contributed by atoms with Crippen LogP contribution in [0.2, 0.25) is 0 Å². The Balaban J connectivity index is 1.38. The molecular weight excluding hydrogens is 653 g/mol. The topological polar surface area (TPSA) is 162 Å². The van der Waals surface area contributed by atoms with Gasteiger partial charge in [0.05, 0.1) is 11.9 Å². The van der Waals surface area contributed by atoms with Gasteiger partial charge in [-0.15, -0.1) is 11.8 Å². The second-order valence-electron chi connectivity index (χ2n) is 11.6. The first-order chi connectivity index (χ1) is 23.8. The quantitative estimate of drug-likeness (QED) is 0.0909. The zero-order chi connectivity index (χ0) is 36.1. The van der Waals surface area contributed by atoms with E-state index in [2.05, 4.69) is 11.8 Å². The highest BCUT2D eigenvalue weighted by Gasteiger charge is 2.48. The van der Waals surface area contributed by atoms with Gasteiger partial charge >= 0.3 is 0 Å². The molecular formula is C38H36BN3O7S. The summed E-state index contributed by atoms with van der Waals surface area (Å²) in [6.45, 7) is 4.01. The first-order valence-corrected chi connectivity index (χ1v) is 16.9. The van der Waals surface area contributed by atoms with Crippen LogP contribution in [0.5, 0.6) is 5.75 Å². The number of benzene rings is 4. The first kappa shape index (κ1) is 36.2. The molecule has 1 heterocycles. The fraction of sp³-hybridized carbons (Fsp3) is 0.237. The molecule has 0 bridgehead atoms. The van der Waals surface area contributed by atoms with Crippen LogP contribution in [0.25, 0.3) is 0 Å².